The molecule has 0 aliphatic heterocycles. The SMILES string of the molecule is COC(=O)c1cccc(NC(=O)c2cnc(Nc3cccc(Cl)c3)nc2)c1. The molecule has 3 rings (SSSR count). The quantitative estimate of drug-likeness (QED) is 0.650. The lowest BCUT2D eigenvalue weighted by atomic mass is 10.2. The predicted octanol–water partition coefficient (Wildman–Crippen LogP) is 3.91. The van der Waals surface area contributed by atoms with Gasteiger partial charge >= 0.3 is 5.97 Å². The van der Waals surface area contributed by atoms with Crippen molar-refractivity contribution < 1.29 is 14.3 Å². The number of carbonyl (C=O) groups excluding carboxylic acids is 2. The maximum absolute atomic E-state index is 12.3. The van der Waals surface area contributed by atoms with E-state index in [-0.39, 0.29) is 5.56 Å². The van der Waals surface area contributed by atoms with Gasteiger partial charge in [-0.05, 0) is 36.4 Å². The van der Waals surface area contributed by atoms with Gasteiger partial charge in [-0.15, -0.1) is 0 Å². The zero-order valence-electron chi connectivity index (χ0n) is 14.3. The van der Waals surface area contributed by atoms with Gasteiger partial charge in [0.2, 0.25) is 5.95 Å². The average molecular weight is 383 g/mol. The van der Waals surface area contributed by atoms with Gasteiger partial charge in [-0.25, -0.2) is 14.8 Å². The molecule has 0 unspecified atom stereocenters. The number of nitrogens with one attached hydrogen (secondary N) is 2. The highest BCUT2D eigenvalue weighted by Gasteiger charge is 2.10. The highest BCUT2D eigenvalue weighted by molar-refractivity contribution is 6.30. The molecule has 0 aliphatic rings. The number of carbonyl (C=O) groups is 2. The minimum absolute atomic E-state index is 0.273. The monoisotopic (exact) mass is 382 g/mol. The van der Waals surface area contributed by atoms with E-state index in [0.29, 0.717) is 22.2 Å². The molecule has 0 bridgehead atoms. The summed E-state index contributed by atoms with van der Waals surface area (Å²) in [5.74, 6) is -0.543. The van der Waals surface area contributed by atoms with Gasteiger partial charge in [-0.1, -0.05) is 23.7 Å². The summed E-state index contributed by atoms with van der Waals surface area (Å²) in [6.45, 7) is 0. The number of ether oxygens (including phenoxy) is 1. The number of halogens is 1. The van der Waals surface area contributed by atoms with E-state index in [0.717, 1.165) is 5.69 Å². The first-order chi connectivity index (χ1) is 13.0. The third-order valence-corrected chi connectivity index (χ3v) is 3.77. The number of esters is 1. The lowest BCUT2D eigenvalue weighted by Crippen LogP contribution is -2.13. The van der Waals surface area contributed by atoms with Crippen LogP contribution in [0.15, 0.2) is 60.9 Å². The number of rotatable bonds is 5. The van der Waals surface area contributed by atoms with Crippen molar-refractivity contribution in [3.8, 4) is 0 Å². The first kappa shape index (κ1) is 18.3. The molecule has 2 aromatic carbocycles. The molecule has 0 spiro atoms. The summed E-state index contributed by atoms with van der Waals surface area (Å²) in [7, 11) is 1.30. The van der Waals surface area contributed by atoms with E-state index in [4.69, 9.17) is 11.6 Å². The van der Waals surface area contributed by atoms with Crippen molar-refractivity contribution in [2.45, 2.75) is 0 Å². The maximum Gasteiger partial charge on any atom is 0.337 e. The number of anilines is 3. The van der Waals surface area contributed by atoms with Crippen LogP contribution in [0, 0.1) is 0 Å². The van der Waals surface area contributed by atoms with Crippen LogP contribution in [0.4, 0.5) is 17.3 Å². The minimum Gasteiger partial charge on any atom is -0.465 e. The van der Waals surface area contributed by atoms with Crippen molar-refractivity contribution in [1.29, 1.82) is 0 Å². The largest absolute Gasteiger partial charge is 0.465 e. The van der Waals surface area contributed by atoms with E-state index in [1.165, 1.54) is 25.6 Å². The third-order valence-electron chi connectivity index (χ3n) is 3.54. The number of hydrogen-bond donors (Lipinski definition) is 2. The fourth-order valence-electron chi connectivity index (χ4n) is 2.25. The molecule has 27 heavy (non-hydrogen) atoms. The number of aromatic nitrogens is 2. The van der Waals surface area contributed by atoms with E-state index in [9.17, 15) is 9.59 Å². The molecule has 0 saturated heterocycles. The molecule has 7 nitrogen and oxygen atoms in total. The molecule has 0 radical (unpaired) electrons. The van der Waals surface area contributed by atoms with Crippen LogP contribution in [-0.2, 0) is 4.74 Å². The summed E-state index contributed by atoms with van der Waals surface area (Å²) >= 11 is 5.93. The number of amides is 1. The third kappa shape index (κ3) is 4.80. The molecule has 136 valence electrons. The van der Waals surface area contributed by atoms with Gasteiger partial charge in [-0.3, -0.25) is 4.79 Å². The second-order valence-corrected chi connectivity index (χ2v) is 5.89. The van der Waals surface area contributed by atoms with Crippen molar-refractivity contribution >= 4 is 40.8 Å². The molecule has 0 atom stereocenters. The molecule has 2 N–H and O–H groups in total. The van der Waals surface area contributed by atoms with Crippen molar-refractivity contribution in [2.75, 3.05) is 17.7 Å². The maximum atomic E-state index is 12.3. The van der Waals surface area contributed by atoms with Crippen LogP contribution in [0.25, 0.3) is 0 Å². The molecule has 8 heteroatoms. The summed E-state index contributed by atoms with van der Waals surface area (Å²) in [5.41, 5.74) is 1.81. The molecule has 0 saturated carbocycles. The molecule has 3 aromatic rings. The van der Waals surface area contributed by atoms with Crippen LogP contribution in [0.5, 0.6) is 0 Å². The van der Waals surface area contributed by atoms with Gasteiger partial charge < -0.3 is 15.4 Å². The Balaban J connectivity index is 1.68. The smallest absolute Gasteiger partial charge is 0.337 e. The van der Waals surface area contributed by atoms with Crippen molar-refractivity contribution in [2.24, 2.45) is 0 Å². The van der Waals surface area contributed by atoms with Gasteiger partial charge in [0, 0.05) is 28.8 Å². The predicted molar refractivity (Wildman–Crippen MR) is 103 cm³/mol. The van der Waals surface area contributed by atoms with Gasteiger partial charge in [0.05, 0.1) is 18.2 Å². The summed E-state index contributed by atoms with van der Waals surface area (Å²) in [4.78, 5) is 32.1. The van der Waals surface area contributed by atoms with Crippen LogP contribution in [0.2, 0.25) is 5.02 Å². The van der Waals surface area contributed by atoms with Crippen molar-refractivity contribution in [1.82, 2.24) is 9.97 Å². The fourth-order valence-corrected chi connectivity index (χ4v) is 2.44. The summed E-state index contributed by atoms with van der Waals surface area (Å²) < 4.78 is 4.66. The van der Waals surface area contributed by atoms with E-state index in [1.807, 2.05) is 6.07 Å². The Hall–Kier alpha value is -3.45. The summed E-state index contributed by atoms with van der Waals surface area (Å²) in [6.07, 6.45) is 2.80. The number of hydrogen-bond acceptors (Lipinski definition) is 6. The Kier molecular flexibility index (Phi) is 5.63. The minimum atomic E-state index is -0.481. The molecule has 1 heterocycles. The lowest BCUT2D eigenvalue weighted by Gasteiger charge is -2.08. The fraction of sp³-hybridized carbons (Fsp3) is 0.0526. The number of nitrogens with zero attached hydrogens (tertiary/aromatic N) is 2. The van der Waals surface area contributed by atoms with Crippen LogP contribution in [0.1, 0.15) is 20.7 Å². The van der Waals surface area contributed by atoms with Crippen LogP contribution >= 0.6 is 11.6 Å². The Morgan fingerprint density at radius 2 is 1.67 bits per heavy atom. The Morgan fingerprint density at radius 1 is 0.963 bits per heavy atom. The second kappa shape index (κ2) is 8.29. The summed E-state index contributed by atoms with van der Waals surface area (Å²) in [6, 6.07) is 13.6. The van der Waals surface area contributed by atoms with Gasteiger partial charge in [0.15, 0.2) is 0 Å². The topological polar surface area (TPSA) is 93.2 Å². The first-order valence-electron chi connectivity index (χ1n) is 7.89. The van der Waals surface area contributed by atoms with E-state index in [2.05, 4.69) is 25.3 Å². The van der Waals surface area contributed by atoms with Gasteiger partial charge in [-0.2, -0.15) is 0 Å². The van der Waals surface area contributed by atoms with Crippen LogP contribution in [-0.4, -0.2) is 29.0 Å². The van der Waals surface area contributed by atoms with E-state index < -0.39 is 11.9 Å². The standard InChI is InChI=1S/C19H15ClN4O3/c1-27-18(26)12-4-2-6-15(8-12)23-17(25)13-10-21-19(22-11-13)24-16-7-3-5-14(20)9-16/h2-11H,1H3,(H,23,25)(H,21,22,24). The lowest BCUT2D eigenvalue weighted by molar-refractivity contribution is 0.0600. The zero-order chi connectivity index (χ0) is 19.2. The molecular weight excluding hydrogens is 368 g/mol. The summed E-state index contributed by atoms with van der Waals surface area (Å²) in [5, 5.41) is 6.27. The Bertz CT molecular complexity index is 977. The zero-order valence-corrected chi connectivity index (χ0v) is 15.0. The van der Waals surface area contributed by atoms with Gasteiger partial charge in [0.25, 0.3) is 5.91 Å². The van der Waals surface area contributed by atoms with Crippen LogP contribution in [0.3, 0.4) is 0 Å². The molecule has 1 amide bonds. The Morgan fingerprint density at radius 3 is 2.37 bits per heavy atom. The van der Waals surface area contributed by atoms with Gasteiger partial charge in [0.1, 0.15) is 0 Å². The van der Waals surface area contributed by atoms with Crippen molar-refractivity contribution in [3.63, 3.8) is 0 Å². The normalized spacial score (nSPS) is 10.1. The van der Waals surface area contributed by atoms with Crippen LogP contribution < -0.4 is 10.6 Å². The molecule has 0 aliphatic carbocycles. The highest BCUT2D eigenvalue weighted by atomic mass is 35.5. The molecule has 0 fully saturated rings. The Labute approximate surface area is 160 Å². The molecule has 1 aromatic heterocycles. The number of methoxy groups -OCH3 is 1. The van der Waals surface area contributed by atoms with E-state index >= 15 is 0 Å². The second-order valence-electron chi connectivity index (χ2n) is 5.46. The highest BCUT2D eigenvalue weighted by Crippen LogP contribution is 2.18. The number of benzene rings is 2. The first-order valence-corrected chi connectivity index (χ1v) is 8.27. The average Bonchev–Trinajstić information content (AvgIpc) is 2.68. The molecular formula is C19H15ClN4O3. The van der Waals surface area contributed by atoms with E-state index in [1.54, 1.807) is 36.4 Å². The van der Waals surface area contributed by atoms with Crippen molar-refractivity contribution in [3.05, 3.63) is 77.1 Å².